The van der Waals surface area contributed by atoms with E-state index in [0.29, 0.717) is 22.7 Å². The predicted octanol–water partition coefficient (Wildman–Crippen LogP) is 4.44. The number of fused-ring (bicyclic) bond motifs is 2. The van der Waals surface area contributed by atoms with Crippen molar-refractivity contribution in [3.8, 4) is 0 Å². The molecule has 0 fully saturated rings. The topological polar surface area (TPSA) is 150 Å². The summed E-state index contributed by atoms with van der Waals surface area (Å²) in [5.74, 6) is -3.36. The lowest BCUT2D eigenvalue weighted by Crippen LogP contribution is -2.29. The molecule has 11 heteroatoms. The number of anilines is 4. The number of hydrogen-bond acceptors (Lipinski definition) is 7. The summed E-state index contributed by atoms with van der Waals surface area (Å²) in [4.78, 5) is 90.8. The lowest BCUT2D eigenvalue weighted by atomic mass is 9.96. The number of benzene rings is 4. The van der Waals surface area contributed by atoms with E-state index in [4.69, 9.17) is 0 Å². The lowest BCUT2D eigenvalue weighted by Gasteiger charge is -2.14. The van der Waals surface area contributed by atoms with Gasteiger partial charge in [-0.3, -0.25) is 33.6 Å². The minimum atomic E-state index is -0.609. The normalized spacial score (nSPS) is 13.6. The van der Waals surface area contributed by atoms with E-state index in [1.807, 2.05) is 0 Å². The second kappa shape index (κ2) is 10.6. The molecule has 2 heterocycles. The van der Waals surface area contributed by atoms with Crippen molar-refractivity contribution in [2.75, 3.05) is 20.4 Å². The van der Waals surface area contributed by atoms with Gasteiger partial charge in [-0.15, -0.1) is 0 Å². The number of nitrogens with zero attached hydrogens (tertiary/aromatic N) is 2. The molecule has 0 unspecified atom stereocenters. The largest absolute Gasteiger partial charge is 0.326 e. The van der Waals surface area contributed by atoms with Crippen LogP contribution in [0.5, 0.6) is 0 Å². The molecule has 0 bridgehead atoms. The summed E-state index contributed by atoms with van der Waals surface area (Å²) in [5, 5.41) is 5.23. The Labute approximate surface area is 250 Å². The van der Waals surface area contributed by atoms with Gasteiger partial charge < -0.3 is 10.6 Å². The summed E-state index contributed by atoms with van der Waals surface area (Å²) in [6.07, 6.45) is 0. The third kappa shape index (κ3) is 4.71. The van der Waals surface area contributed by atoms with Crippen molar-refractivity contribution >= 4 is 64.0 Å². The summed E-state index contributed by atoms with van der Waals surface area (Å²) >= 11 is 0. The highest BCUT2D eigenvalue weighted by Gasteiger charge is 2.39. The Kier molecular flexibility index (Phi) is 6.70. The number of ketones is 1. The maximum Gasteiger partial charge on any atom is 0.266 e. The Hall–Kier alpha value is -6.23. The summed E-state index contributed by atoms with van der Waals surface area (Å²) < 4.78 is 0. The van der Waals surface area contributed by atoms with E-state index in [0.717, 1.165) is 9.80 Å². The van der Waals surface area contributed by atoms with E-state index >= 15 is 0 Å². The van der Waals surface area contributed by atoms with Crippen molar-refractivity contribution in [1.29, 1.82) is 0 Å². The summed E-state index contributed by atoms with van der Waals surface area (Å²) in [6, 6.07) is 20.7. The van der Waals surface area contributed by atoms with Crippen molar-refractivity contribution in [2.45, 2.75) is 13.8 Å². The first kappa shape index (κ1) is 27.9. The van der Waals surface area contributed by atoms with Crippen molar-refractivity contribution < 1.29 is 33.6 Å². The van der Waals surface area contributed by atoms with Gasteiger partial charge in [0.2, 0.25) is 11.8 Å². The smallest absolute Gasteiger partial charge is 0.266 e. The SMILES string of the molecule is CC(=O)Nc1ccc(N2C(=O)c3ccc(C(=O)c4ccc5c(c4)C(=O)N(c4ccc(NC(C)=O)cc4)C5=O)cc3C2=O)cc1. The zero-order valence-electron chi connectivity index (χ0n) is 23.3. The highest BCUT2D eigenvalue weighted by atomic mass is 16.2. The number of amides is 6. The maximum absolute atomic E-state index is 13.5. The third-order valence-electron chi connectivity index (χ3n) is 7.19. The van der Waals surface area contributed by atoms with Crippen molar-refractivity contribution in [1.82, 2.24) is 0 Å². The monoisotopic (exact) mass is 586 g/mol. The average molecular weight is 587 g/mol. The summed E-state index contributed by atoms with van der Waals surface area (Å²) in [7, 11) is 0. The van der Waals surface area contributed by atoms with Crippen LogP contribution in [0, 0.1) is 0 Å². The zero-order valence-corrected chi connectivity index (χ0v) is 23.3. The molecule has 0 aliphatic carbocycles. The van der Waals surface area contributed by atoms with Gasteiger partial charge in [-0.25, -0.2) is 9.80 Å². The van der Waals surface area contributed by atoms with Crippen LogP contribution in [0.3, 0.4) is 0 Å². The van der Waals surface area contributed by atoms with Crippen molar-refractivity contribution in [3.05, 3.63) is 118 Å². The molecule has 2 aliphatic rings. The first-order valence-corrected chi connectivity index (χ1v) is 13.4. The molecule has 0 spiro atoms. The van der Waals surface area contributed by atoms with E-state index in [1.54, 1.807) is 24.3 Å². The number of carbonyl (C=O) groups excluding carboxylic acids is 7. The zero-order chi connectivity index (χ0) is 31.3. The number of carbonyl (C=O) groups is 7. The van der Waals surface area contributed by atoms with E-state index in [9.17, 15) is 33.6 Å². The van der Waals surface area contributed by atoms with Gasteiger partial charge in [0.25, 0.3) is 23.6 Å². The molecule has 6 rings (SSSR count). The molecule has 0 saturated carbocycles. The fourth-order valence-electron chi connectivity index (χ4n) is 5.19. The van der Waals surface area contributed by atoms with E-state index in [-0.39, 0.29) is 45.2 Å². The average Bonchev–Trinajstić information content (AvgIpc) is 3.40. The van der Waals surface area contributed by atoms with Crippen molar-refractivity contribution in [3.63, 3.8) is 0 Å². The highest BCUT2D eigenvalue weighted by molar-refractivity contribution is 6.36. The van der Waals surface area contributed by atoms with Crippen LogP contribution in [-0.2, 0) is 9.59 Å². The van der Waals surface area contributed by atoms with E-state index < -0.39 is 29.4 Å². The van der Waals surface area contributed by atoms with Gasteiger partial charge >= 0.3 is 0 Å². The van der Waals surface area contributed by atoms with Crippen LogP contribution in [0.1, 0.15) is 71.2 Å². The molecule has 2 N–H and O–H groups in total. The van der Waals surface area contributed by atoms with Crippen molar-refractivity contribution in [2.24, 2.45) is 0 Å². The van der Waals surface area contributed by atoms with Gasteiger partial charge in [0.05, 0.1) is 33.6 Å². The quantitative estimate of drug-likeness (QED) is 0.251. The Balaban J connectivity index is 1.25. The number of hydrogen-bond donors (Lipinski definition) is 2. The van der Waals surface area contributed by atoms with Crippen LogP contribution in [0.25, 0.3) is 0 Å². The molecule has 0 atom stereocenters. The second-order valence-electron chi connectivity index (χ2n) is 10.2. The predicted molar refractivity (Wildman–Crippen MR) is 160 cm³/mol. The van der Waals surface area contributed by atoms with Crippen LogP contribution >= 0.6 is 0 Å². The molecule has 44 heavy (non-hydrogen) atoms. The van der Waals surface area contributed by atoms with Gasteiger partial charge in [0, 0.05) is 36.3 Å². The summed E-state index contributed by atoms with van der Waals surface area (Å²) in [5.41, 5.74) is 2.21. The molecule has 0 saturated heterocycles. The van der Waals surface area contributed by atoms with E-state index in [2.05, 4.69) is 10.6 Å². The van der Waals surface area contributed by atoms with Gasteiger partial charge in [-0.2, -0.15) is 0 Å². The van der Waals surface area contributed by atoms with Crippen LogP contribution in [0.2, 0.25) is 0 Å². The minimum Gasteiger partial charge on any atom is -0.326 e. The van der Waals surface area contributed by atoms with Crippen LogP contribution in [-0.4, -0.2) is 41.2 Å². The standard InChI is InChI=1S/C33H22N4O7/c1-17(38)34-21-5-9-23(10-6-21)36-30(41)25-13-3-19(15-27(25)32(36)43)29(40)20-4-14-26-28(16-20)33(44)37(31(26)42)24-11-7-22(8-12-24)35-18(2)39/h3-16H,1-2H3,(H,34,38)(H,35,39). The highest BCUT2D eigenvalue weighted by Crippen LogP contribution is 2.33. The molecule has 0 aromatic heterocycles. The Morgan fingerprint density at radius 3 is 1.16 bits per heavy atom. The molecule has 6 amide bonds. The Bertz CT molecular complexity index is 1820. The molecule has 0 radical (unpaired) electrons. The van der Waals surface area contributed by atoms with Gasteiger partial charge in [-0.05, 0) is 72.8 Å². The van der Waals surface area contributed by atoms with Gasteiger partial charge in [0.1, 0.15) is 0 Å². The number of nitrogens with one attached hydrogen (secondary N) is 2. The van der Waals surface area contributed by atoms with Crippen LogP contribution < -0.4 is 20.4 Å². The molecule has 4 aromatic carbocycles. The first-order chi connectivity index (χ1) is 21.0. The molecular formula is C33H22N4O7. The Morgan fingerprint density at radius 1 is 0.477 bits per heavy atom. The minimum absolute atomic E-state index is 0.0492. The van der Waals surface area contributed by atoms with Gasteiger partial charge in [0.15, 0.2) is 5.78 Å². The van der Waals surface area contributed by atoms with Gasteiger partial charge in [-0.1, -0.05) is 12.1 Å². The fourth-order valence-corrected chi connectivity index (χ4v) is 5.19. The number of rotatable bonds is 6. The first-order valence-electron chi connectivity index (χ1n) is 13.4. The Morgan fingerprint density at radius 2 is 0.818 bits per heavy atom. The number of imide groups is 2. The van der Waals surface area contributed by atoms with Crippen LogP contribution in [0.4, 0.5) is 22.7 Å². The van der Waals surface area contributed by atoms with E-state index in [1.165, 1.54) is 74.5 Å². The molecule has 11 nitrogen and oxygen atoms in total. The molecule has 4 aromatic rings. The van der Waals surface area contributed by atoms with Crippen LogP contribution in [0.15, 0.2) is 84.9 Å². The fraction of sp³-hybridized carbons (Fsp3) is 0.0606. The molecule has 216 valence electrons. The molecular weight excluding hydrogens is 564 g/mol. The summed E-state index contributed by atoms with van der Waals surface area (Å²) in [6.45, 7) is 2.73. The molecule has 2 aliphatic heterocycles. The lowest BCUT2D eigenvalue weighted by molar-refractivity contribution is -0.115. The second-order valence-corrected chi connectivity index (χ2v) is 10.2. The maximum atomic E-state index is 13.5. The third-order valence-corrected chi connectivity index (χ3v) is 7.19.